The quantitative estimate of drug-likeness (QED) is 0.216. The van der Waals surface area contributed by atoms with E-state index in [1.54, 1.807) is 0 Å². The Labute approximate surface area is 249 Å². The molecule has 1 unspecified atom stereocenters. The zero-order chi connectivity index (χ0) is 31.7. The van der Waals surface area contributed by atoms with Gasteiger partial charge in [0, 0.05) is 30.5 Å². The lowest BCUT2D eigenvalue weighted by atomic mass is 9.89. The van der Waals surface area contributed by atoms with E-state index in [4.69, 9.17) is 4.79 Å². The number of carbonyl (C=O) groups excluding carboxylic acids is 4. The number of imide groups is 1. The summed E-state index contributed by atoms with van der Waals surface area (Å²) in [5.74, 6) is -4.67. The van der Waals surface area contributed by atoms with Crippen molar-refractivity contribution in [3.63, 3.8) is 0 Å². The van der Waals surface area contributed by atoms with Crippen LogP contribution in [-0.2, 0) is 9.59 Å². The maximum absolute atomic E-state index is 14.1. The number of benzene rings is 2. The fourth-order valence-electron chi connectivity index (χ4n) is 5.48. The number of piperidine rings is 1. The molecule has 9 nitrogen and oxygen atoms in total. The zero-order valence-corrected chi connectivity index (χ0v) is 24.8. The van der Waals surface area contributed by atoms with Crippen LogP contribution in [0.3, 0.4) is 0 Å². The third-order valence-electron chi connectivity index (χ3n) is 7.53. The molecule has 4 rings (SSSR count). The molecular formula is C31H38F3N5O4. The Morgan fingerprint density at radius 3 is 2.28 bits per heavy atom. The van der Waals surface area contributed by atoms with Gasteiger partial charge in [0.1, 0.15) is 6.29 Å². The highest BCUT2D eigenvalue weighted by atomic mass is 19.2. The second-order valence-electron chi connectivity index (χ2n) is 10.4. The number of hydrogen-bond donors (Lipinski definition) is 3. The number of halogens is 3. The summed E-state index contributed by atoms with van der Waals surface area (Å²) in [4.78, 5) is 50.3. The van der Waals surface area contributed by atoms with Crippen LogP contribution in [0.5, 0.6) is 0 Å². The first-order chi connectivity index (χ1) is 20.5. The van der Waals surface area contributed by atoms with Crippen LogP contribution < -0.4 is 16.0 Å². The molecule has 1 saturated heterocycles. The van der Waals surface area contributed by atoms with Crippen molar-refractivity contribution in [1.29, 1.82) is 0 Å². The van der Waals surface area contributed by atoms with E-state index in [1.807, 2.05) is 13.1 Å². The molecule has 1 atom stereocenters. The lowest BCUT2D eigenvalue weighted by Gasteiger charge is -2.36. The fourth-order valence-corrected chi connectivity index (χ4v) is 5.48. The van der Waals surface area contributed by atoms with Gasteiger partial charge in [-0.05, 0) is 101 Å². The minimum atomic E-state index is -1.68. The van der Waals surface area contributed by atoms with E-state index in [-0.39, 0.29) is 23.4 Å². The van der Waals surface area contributed by atoms with E-state index in [0.717, 1.165) is 44.4 Å². The summed E-state index contributed by atoms with van der Waals surface area (Å²) in [6, 6.07) is 6.71. The molecule has 0 saturated carbocycles. The number of rotatable bonds is 8. The summed E-state index contributed by atoms with van der Waals surface area (Å²) in [7, 11) is 1.90. The Hall–Kier alpha value is -4.19. The molecule has 1 fully saturated rings. The van der Waals surface area contributed by atoms with Gasteiger partial charge in [0.25, 0.3) is 0 Å². The molecule has 2 aromatic carbocycles. The molecule has 0 spiro atoms. The number of amides is 4. The minimum Gasteiger partial charge on any atom is -0.388 e. The van der Waals surface area contributed by atoms with Crippen molar-refractivity contribution in [2.75, 3.05) is 38.5 Å². The number of urea groups is 2. The Morgan fingerprint density at radius 2 is 1.70 bits per heavy atom. The van der Waals surface area contributed by atoms with Crippen LogP contribution in [0.1, 0.15) is 63.1 Å². The lowest BCUT2D eigenvalue weighted by Crippen LogP contribution is -2.54. The summed E-state index contributed by atoms with van der Waals surface area (Å²) in [6.45, 7) is 6.94. The number of anilines is 1. The fraction of sp³-hybridized carbons (Fsp3) is 0.419. The number of carbonyl (C=O) groups is 4. The Morgan fingerprint density at radius 1 is 1.07 bits per heavy atom. The van der Waals surface area contributed by atoms with E-state index >= 15 is 0 Å². The first-order valence-electron chi connectivity index (χ1n) is 14.2. The van der Waals surface area contributed by atoms with Gasteiger partial charge in [0.05, 0.1) is 6.04 Å². The number of nitrogens with zero attached hydrogens (tertiary/aromatic N) is 2. The summed E-state index contributed by atoms with van der Waals surface area (Å²) in [6.07, 6.45) is 3.42. The van der Waals surface area contributed by atoms with Gasteiger partial charge in [0.2, 0.25) is 0 Å². The smallest absolute Gasteiger partial charge is 0.330 e. The molecule has 2 aliphatic heterocycles. The first kappa shape index (κ1) is 33.3. The van der Waals surface area contributed by atoms with Crippen LogP contribution in [0.25, 0.3) is 0 Å². The number of hydrogen-bond acceptors (Lipinski definition) is 6. The highest BCUT2D eigenvalue weighted by molar-refractivity contribution is 6.03. The molecule has 2 aromatic rings. The van der Waals surface area contributed by atoms with Crippen molar-refractivity contribution >= 4 is 29.8 Å². The standard InChI is InChI=1S/C29H34F3N5O3.C2H4O/c1-17-25(18(2)38)27(21-15-23(30)26(32)24(31)16-21)37(29(40)35-17)28(39)34-10-5-11-36-12-8-19(9-13-36)20-6-4-7-22(14-20)33-3;1-2-3/h4,6-7,14-16,19,27,33H,5,8-13H2,1-3H3,(H,34,39)(H,35,40);2H,1H3. The summed E-state index contributed by atoms with van der Waals surface area (Å²) >= 11 is 0. The third-order valence-corrected chi connectivity index (χ3v) is 7.53. The number of ketones is 1. The predicted octanol–water partition coefficient (Wildman–Crippen LogP) is 5.26. The molecule has 4 amide bonds. The highest BCUT2D eigenvalue weighted by Gasteiger charge is 2.41. The molecule has 0 aliphatic carbocycles. The van der Waals surface area contributed by atoms with Gasteiger partial charge in [-0.2, -0.15) is 0 Å². The van der Waals surface area contributed by atoms with Gasteiger partial charge in [-0.3, -0.25) is 4.79 Å². The second-order valence-corrected chi connectivity index (χ2v) is 10.4. The Kier molecular flexibility index (Phi) is 11.9. The number of likely N-dealkylation sites (tertiary alicyclic amines) is 1. The van der Waals surface area contributed by atoms with Crippen LogP contribution in [0, 0.1) is 17.5 Å². The van der Waals surface area contributed by atoms with E-state index in [1.165, 1.54) is 26.3 Å². The van der Waals surface area contributed by atoms with Crippen LogP contribution in [0.4, 0.5) is 28.4 Å². The van der Waals surface area contributed by atoms with Gasteiger partial charge in [-0.25, -0.2) is 27.7 Å². The van der Waals surface area contributed by atoms with E-state index < -0.39 is 41.3 Å². The van der Waals surface area contributed by atoms with Crippen molar-refractivity contribution in [3.8, 4) is 0 Å². The predicted molar refractivity (Wildman–Crippen MR) is 157 cm³/mol. The molecular weight excluding hydrogens is 563 g/mol. The largest absolute Gasteiger partial charge is 0.388 e. The molecule has 12 heteroatoms. The highest BCUT2D eigenvalue weighted by Crippen LogP contribution is 2.35. The molecule has 232 valence electrons. The molecule has 0 bridgehead atoms. The van der Waals surface area contributed by atoms with Crippen molar-refractivity contribution in [2.24, 2.45) is 0 Å². The average molecular weight is 602 g/mol. The maximum atomic E-state index is 14.1. The first-order valence-corrected chi connectivity index (χ1v) is 14.2. The SMILES string of the molecule is CC=O.CNc1cccc(C2CCN(CCCNC(=O)N3C(=O)NC(C)=C(C(C)=O)C3c3cc(F)c(F)c(F)c3)CC2)c1. The minimum absolute atomic E-state index is 0.0247. The number of nitrogens with one attached hydrogen (secondary N) is 3. The van der Waals surface area contributed by atoms with Gasteiger partial charge in [-0.1, -0.05) is 12.1 Å². The molecule has 3 N–H and O–H groups in total. The van der Waals surface area contributed by atoms with Gasteiger partial charge < -0.3 is 25.6 Å². The molecule has 2 heterocycles. The van der Waals surface area contributed by atoms with Crippen LogP contribution in [0.15, 0.2) is 47.7 Å². The van der Waals surface area contributed by atoms with E-state index in [2.05, 4.69) is 39.0 Å². The Balaban J connectivity index is 0.00000162. The van der Waals surface area contributed by atoms with E-state index in [9.17, 15) is 27.6 Å². The van der Waals surface area contributed by atoms with Crippen LogP contribution in [-0.4, -0.2) is 67.2 Å². The van der Waals surface area contributed by atoms with Gasteiger partial charge >= 0.3 is 12.1 Å². The summed E-state index contributed by atoms with van der Waals surface area (Å²) in [5.41, 5.74) is 2.31. The number of Topliss-reactive ketones (excluding diaryl/α,β-unsaturated/α-hetero) is 1. The zero-order valence-electron chi connectivity index (χ0n) is 24.8. The van der Waals surface area contributed by atoms with Gasteiger partial charge in [-0.15, -0.1) is 0 Å². The third kappa shape index (κ3) is 8.22. The maximum Gasteiger partial charge on any atom is 0.330 e. The van der Waals surface area contributed by atoms with Crippen LogP contribution >= 0.6 is 0 Å². The Bertz CT molecular complexity index is 1350. The van der Waals surface area contributed by atoms with Gasteiger partial charge in [0.15, 0.2) is 23.2 Å². The van der Waals surface area contributed by atoms with Crippen LogP contribution in [0.2, 0.25) is 0 Å². The monoisotopic (exact) mass is 601 g/mol. The lowest BCUT2D eigenvalue weighted by molar-refractivity contribution is -0.114. The van der Waals surface area contributed by atoms with Crippen molar-refractivity contribution in [1.82, 2.24) is 20.4 Å². The van der Waals surface area contributed by atoms with Crippen molar-refractivity contribution < 1.29 is 32.3 Å². The normalized spacial score (nSPS) is 17.5. The molecule has 2 aliphatic rings. The van der Waals surface area contributed by atoms with Crippen molar-refractivity contribution in [2.45, 2.75) is 52.0 Å². The number of aldehydes is 1. The molecule has 0 aromatic heterocycles. The summed E-state index contributed by atoms with van der Waals surface area (Å²) < 4.78 is 41.8. The summed E-state index contributed by atoms with van der Waals surface area (Å²) in [5, 5.41) is 8.31. The molecule has 0 radical (unpaired) electrons. The topological polar surface area (TPSA) is 111 Å². The van der Waals surface area contributed by atoms with Crippen molar-refractivity contribution in [3.05, 3.63) is 76.2 Å². The van der Waals surface area contributed by atoms with E-state index in [0.29, 0.717) is 29.4 Å². The second kappa shape index (κ2) is 15.3. The number of allylic oxidation sites excluding steroid dienone is 1. The molecule has 43 heavy (non-hydrogen) atoms. The average Bonchev–Trinajstić information content (AvgIpc) is 2.98.